The molecule has 3 heterocycles. The highest BCUT2D eigenvalue weighted by Crippen LogP contribution is 2.25. The third-order valence-electron chi connectivity index (χ3n) is 8.26. The summed E-state index contributed by atoms with van der Waals surface area (Å²) in [6.45, 7) is 10.4. The predicted octanol–water partition coefficient (Wildman–Crippen LogP) is 3.02. The Bertz CT molecular complexity index is 1630. The van der Waals surface area contributed by atoms with Crippen LogP contribution in [-0.2, 0) is 16.0 Å². The number of likely N-dealkylation sites (N-methyl/N-ethyl adjacent to an activating group) is 1. The molecule has 0 aliphatic carbocycles. The van der Waals surface area contributed by atoms with E-state index in [1.807, 2.05) is 81.4 Å². The standard InChI is InChI=1S/C35H41N7O4.HI/c1-5-26(3)46-35(44)45-24-42(4)19-17-41(18-20-42)23-27-9-11-28(12-10-27)33(43)38-30-13-8-25(2)32(21-30)40-34-37-16-14-31(39-34)29-7-6-15-36-22-29;/h6-16,21-22,26H,5,17-20,23-24H2,1-4H3,(H-,37,38,39,40,43);1H/t26-;/m1./s1. The molecule has 47 heavy (non-hydrogen) atoms. The number of anilines is 3. The van der Waals surface area contributed by atoms with Gasteiger partial charge in [0.05, 0.1) is 25.8 Å². The van der Waals surface area contributed by atoms with Crippen molar-refractivity contribution in [3.05, 3.63) is 95.9 Å². The van der Waals surface area contributed by atoms with Gasteiger partial charge in [-0.1, -0.05) is 25.1 Å². The van der Waals surface area contributed by atoms with Crippen LogP contribution >= 0.6 is 0 Å². The van der Waals surface area contributed by atoms with Gasteiger partial charge in [-0.2, -0.15) is 0 Å². The minimum atomic E-state index is -0.600. The number of quaternary nitrogens is 1. The number of amides is 1. The summed E-state index contributed by atoms with van der Waals surface area (Å²) in [4.78, 5) is 40.6. The molecule has 1 fully saturated rings. The van der Waals surface area contributed by atoms with Crippen molar-refractivity contribution in [3.8, 4) is 11.3 Å². The normalized spacial score (nSPS) is 14.7. The van der Waals surface area contributed by atoms with E-state index >= 15 is 0 Å². The van der Waals surface area contributed by atoms with Gasteiger partial charge in [0.15, 0.2) is 0 Å². The maximum Gasteiger partial charge on any atom is 0.512 e. The number of carbonyl (C=O) groups excluding carboxylic acids is 2. The number of pyridine rings is 1. The molecule has 2 aromatic carbocycles. The lowest BCUT2D eigenvalue weighted by molar-refractivity contribution is -0.929. The molecule has 5 rings (SSSR count). The Labute approximate surface area is 293 Å². The largest absolute Gasteiger partial charge is 1.00 e. The van der Waals surface area contributed by atoms with Gasteiger partial charge in [0, 0.05) is 60.7 Å². The third-order valence-corrected chi connectivity index (χ3v) is 8.26. The Morgan fingerprint density at radius 2 is 1.81 bits per heavy atom. The lowest BCUT2D eigenvalue weighted by Gasteiger charge is -2.41. The van der Waals surface area contributed by atoms with Crippen LogP contribution in [0.1, 0.15) is 41.8 Å². The summed E-state index contributed by atoms with van der Waals surface area (Å²) in [5, 5.41) is 6.29. The van der Waals surface area contributed by atoms with E-state index in [1.165, 1.54) is 0 Å². The number of aromatic nitrogens is 3. The maximum atomic E-state index is 13.1. The highest BCUT2D eigenvalue weighted by atomic mass is 127. The van der Waals surface area contributed by atoms with Crippen molar-refractivity contribution >= 4 is 29.4 Å². The Balaban J connectivity index is 0.00000500. The summed E-state index contributed by atoms with van der Waals surface area (Å²) in [5.74, 6) is 0.268. The summed E-state index contributed by atoms with van der Waals surface area (Å²) >= 11 is 0. The van der Waals surface area contributed by atoms with Crippen molar-refractivity contribution in [2.75, 3.05) is 50.6 Å². The van der Waals surface area contributed by atoms with E-state index in [0.29, 0.717) is 28.4 Å². The van der Waals surface area contributed by atoms with Crippen LogP contribution in [0.3, 0.4) is 0 Å². The topological polar surface area (TPSA) is 119 Å². The van der Waals surface area contributed by atoms with E-state index in [1.54, 1.807) is 18.6 Å². The van der Waals surface area contributed by atoms with Gasteiger partial charge in [-0.3, -0.25) is 19.2 Å². The molecule has 0 radical (unpaired) electrons. The molecule has 0 unspecified atom stereocenters. The SMILES string of the molecule is CC[C@@H](C)OC(=O)OC[N+]1(C)CCN(Cc2ccc(C(=O)Nc3ccc(C)c(Nc4nccc(-c5cccnc5)n4)c3)cc2)CC1.[I-]. The second-order valence-electron chi connectivity index (χ2n) is 12.0. The molecule has 0 saturated carbocycles. The molecular formula is C35H42IN7O4. The molecule has 1 aliphatic rings. The first-order valence-electron chi connectivity index (χ1n) is 15.6. The van der Waals surface area contributed by atoms with E-state index < -0.39 is 6.16 Å². The van der Waals surface area contributed by atoms with Crippen LogP contribution in [-0.4, -0.2) is 82.5 Å². The van der Waals surface area contributed by atoms with Gasteiger partial charge in [-0.05, 0) is 73.9 Å². The van der Waals surface area contributed by atoms with Crippen LogP contribution in [0.25, 0.3) is 11.3 Å². The fourth-order valence-corrected chi connectivity index (χ4v) is 5.04. The number of carbonyl (C=O) groups is 2. The van der Waals surface area contributed by atoms with Crippen LogP contribution in [0.2, 0.25) is 0 Å². The van der Waals surface area contributed by atoms with Crippen LogP contribution in [0, 0.1) is 6.92 Å². The van der Waals surface area contributed by atoms with Crippen LogP contribution in [0.5, 0.6) is 0 Å². The molecule has 2 aromatic heterocycles. The fraction of sp³-hybridized carbons (Fsp3) is 0.343. The second kappa shape index (κ2) is 16.6. The van der Waals surface area contributed by atoms with Crippen LogP contribution in [0.15, 0.2) is 79.3 Å². The van der Waals surface area contributed by atoms with Gasteiger partial charge in [0.25, 0.3) is 5.91 Å². The Morgan fingerprint density at radius 3 is 2.51 bits per heavy atom. The van der Waals surface area contributed by atoms with Gasteiger partial charge >= 0.3 is 6.16 Å². The van der Waals surface area contributed by atoms with Crippen LogP contribution < -0.4 is 34.6 Å². The number of ether oxygens (including phenoxy) is 2. The minimum absolute atomic E-state index is 0. The van der Waals surface area contributed by atoms with E-state index in [9.17, 15) is 9.59 Å². The van der Waals surface area contributed by atoms with Gasteiger partial charge in [-0.25, -0.2) is 14.8 Å². The van der Waals surface area contributed by atoms with Crippen molar-refractivity contribution in [2.45, 2.75) is 39.8 Å². The number of piperazine rings is 1. The number of hydrogen-bond acceptors (Lipinski definition) is 9. The van der Waals surface area contributed by atoms with E-state index in [4.69, 9.17) is 9.47 Å². The Morgan fingerprint density at radius 1 is 1.04 bits per heavy atom. The van der Waals surface area contributed by atoms with Crippen molar-refractivity contribution in [3.63, 3.8) is 0 Å². The summed E-state index contributed by atoms with van der Waals surface area (Å²) < 4.78 is 11.3. The zero-order valence-electron chi connectivity index (χ0n) is 27.3. The molecule has 0 bridgehead atoms. The molecule has 2 N–H and O–H groups in total. The zero-order chi connectivity index (χ0) is 32.5. The number of halogens is 1. The summed E-state index contributed by atoms with van der Waals surface area (Å²) in [7, 11) is 2.10. The molecule has 1 saturated heterocycles. The number of benzene rings is 2. The molecular weight excluding hydrogens is 709 g/mol. The van der Waals surface area contributed by atoms with Gasteiger partial charge in [0.1, 0.15) is 6.10 Å². The van der Waals surface area contributed by atoms with Gasteiger partial charge < -0.3 is 44.1 Å². The number of hydrogen-bond donors (Lipinski definition) is 2. The monoisotopic (exact) mass is 751 g/mol. The van der Waals surface area contributed by atoms with Crippen molar-refractivity contribution < 1.29 is 47.5 Å². The quantitative estimate of drug-likeness (QED) is 0.136. The molecule has 0 spiro atoms. The summed E-state index contributed by atoms with van der Waals surface area (Å²) in [6, 6.07) is 19.1. The summed E-state index contributed by atoms with van der Waals surface area (Å²) in [5.41, 5.74) is 5.83. The highest BCUT2D eigenvalue weighted by Gasteiger charge is 2.30. The van der Waals surface area contributed by atoms with Crippen molar-refractivity contribution in [1.82, 2.24) is 19.9 Å². The van der Waals surface area contributed by atoms with Crippen LogP contribution in [0.4, 0.5) is 22.1 Å². The minimum Gasteiger partial charge on any atom is -1.00 e. The fourth-order valence-electron chi connectivity index (χ4n) is 5.04. The number of rotatable bonds is 11. The Kier molecular flexibility index (Phi) is 12.6. The number of nitrogens with one attached hydrogen (secondary N) is 2. The van der Waals surface area contributed by atoms with Crippen molar-refractivity contribution in [2.24, 2.45) is 0 Å². The highest BCUT2D eigenvalue weighted by molar-refractivity contribution is 6.04. The molecule has 1 amide bonds. The van der Waals surface area contributed by atoms with E-state index in [-0.39, 0.29) is 36.0 Å². The molecule has 4 aromatic rings. The number of nitrogens with zero attached hydrogens (tertiary/aromatic N) is 5. The molecule has 1 atom stereocenters. The third kappa shape index (κ3) is 10.2. The second-order valence-corrected chi connectivity index (χ2v) is 12.0. The maximum absolute atomic E-state index is 13.1. The number of aryl methyl sites for hydroxylation is 1. The molecule has 248 valence electrons. The average molecular weight is 752 g/mol. The smallest absolute Gasteiger partial charge is 0.512 e. The first-order chi connectivity index (χ1) is 22.2. The first kappa shape index (κ1) is 35.7. The molecule has 12 heteroatoms. The van der Waals surface area contributed by atoms with Crippen molar-refractivity contribution in [1.29, 1.82) is 0 Å². The predicted molar refractivity (Wildman–Crippen MR) is 178 cm³/mol. The molecule has 1 aliphatic heterocycles. The lowest BCUT2D eigenvalue weighted by atomic mass is 10.1. The van der Waals surface area contributed by atoms with E-state index in [0.717, 1.165) is 67.2 Å². The average Bonchev–Trinajstić information content (AvgIpc) is 3.07. The lowest BCUT2D eigenvalue weighted by Crippen LogP contribution is -3.00. The Hall–Kier alpha value is -4.14. The van der Waals surface area contributed by atoms with Gasteiger partial charge in [0.2, 0.25) is 12.7 Å². The molecule has 11 nitrogen and oxygen atoms in total. The first-order valence-corrected chi connectivity index (χ1v) is 15.6. The zero-order valence-corrected chi connectivity index (χ0v) is 29.4. The summed E-state index contributed by atoms with van der Waals surface area (Å²) in [6.07, 6.45) is 5.20. The van der Waals surface area contributed by atoms with E-state index in [2.05, 4.69) is 37.5 Å². The van der Waals surface area contributed by atoms with Gasteiger partial charge in [-0.15, -0.1) is 0 Å².